The van der Waals surface area contributed by atoms with Gasteiger partial charge in [0.15, 0.2) is 0 Å². The Labute approximate surface area is 216 Å². The number of carbonyl (C=O) groups is 1. The molecule has 10 heteroatoms. The van der Waals surface area contributed by atoms with Crippen LogP contribution in [-0.4, -0.2) is 36.2 Å². The number of halogens is 1. The number of fused-ring (bicyclic) bond motifs is 2. The van der Waals surface area contributed by atoms with Crippen molar-refractivity contribution in [2.24, 2.45) is 0 Å². The Morgan fingerprint density at radius 3 is 2.61 bits per heavy atom. The van der Waals surface area contributed by atoms with Crippen LogP contribution in [0.15, 0.2) is 53.4 Å². The largest absolute Gasteiger partial charge is 0.316 e. The lowest BCUT2D eigenvalue weighted by atomic mass is 9.95. The first-order valence-electron chi connectivity index (χ1n) is 12.0. The number of thiophene rings is 1. The summed E-state index contributed by atoms with van der Waals surface area (Å²) < 4.78 is 42.3. The lowest BCUT2D eigenvalue weighted by molar-refractivity contribution is -0.119. The number of hydrogen-bond acceptors (Lipinski definition) is 6. The molecule has 1 saturated heterocycles. The highest BCUT2D eigenvalue weighted by Crippen LogP contribution is 2.46. The number of benzene rings is 2. The third kappa shape index (κ3) is 4.15. The monoisotopic (exact) mass is 541 g/mol. The summed E-state index contributed by atoms with van der Waals surface area (Å²) in [5.41, 5.74) is 3.16. The topological polar surface area (TPSA) is 79.4 Å². The number of hydrogen-bond donors (Lipinski definition) is 1. The van der Waals surface area contributed by atoms with E-state index in [0.29, 0.717) is 12.8 Å². The summed E-state index contributed by atoms with van der Waals surface area (Å²) in [6.07, 6.45) is 5.16. The van der Waals surface area contributed by atoms with Gasteiger partial charge in [-0.15, -0.1) is 22.7 Å². The maximum absolute atomic E-state index is 13.5. The van der Waals surface area contributed by atoms with Crippen molar-refractivity contribution in [2.75, 3.05) is 11.9 Å². The maximum atomic E-state index is 13.5. The highest BCUT2D eigenvalue weighted by molar-refractivity contribution is 7.89. The minimum absolute atomic E-state index is 0.00893. The van der Waals surface area contributed by atoms with Gasteiger partial charge in [-0.1, -0.05) is 12.1 Å². The fourth-order valence-corrected chi connectivity index (χ4v) is 9.15. The third-order valence-electron chi connectivity index (χ3n) is 6.84. The van der Waals surface area contributed by atoms with Crippen LogP contribution < -0.4 is 5.32 Å². The van der Waals surface area contributed by atoms with Crippen LogP contribution in [0.2, 0.25) is 0 Å². The van der Waals surface area contributed by atoms with E-state index in [2.05, 4.69) is 5.32 Å². The van der Waals surface area contributed by atoms with Crippen LogP contribution in [0.3, 0.4) is 0 Å². The third-order valence-corrected chi connectivity index (χ3v) is 11.0. The van der Waals surface area contributed by atoms with Gasteiger partial charge in [-0.05, 0) is 80.5 Å². The van der Waals surface area contributed by atoms with Gasteiger partial charge in [0.1, 0.15) is 21.9 Å². The van der Waals surface area contributed by atoms with Gasteiger partial charge in [0, 0.05) is 17.0 Å². The Morgan fingerprint density at radius 1 is 1.03 bits per heavy atom. The molecule has 3 heterocycles. The number of carbonyl (C=O) groups excluding carboxylic acids is 1. The van der Waals surface area contributed by atoms with Gasteiger partial charge < -0.3 is 5.32 Å². The van der Waals surface area contributed by atoms with Crippen LogP contribution in [0, 0.1) is 5.82 Å². The molecule has 1 aliphatic carbocycles. The minimum Gasteiger partial charge on any atom is -0.316 e. The molecule has 1 atom stereocenters. The second-order valence-electron chi connectivity index (χ2n) is 9.12. The Bertz CT molecular complexity index is 1530. The molecule has 2 aromatic carbocycles. The lowest BCUT2D eigenvalue weighted by Crippen LogP contribution is -2.43. The summed E-state index contributed by atoms with van der Waals surface area (Å²) >= 11 is 3.20. The van der Waals surface area contributed by atoms with Crippen LogP contribution in [-0.2, 0) is 27.7 Å². The molecule has 1 aliphatic heterocycles. The van der Waals surface area contributed by atoms with Crippen molar-refractivity contribution in [3.63, 3.8) is 0 Å². The van der Waals surface area contributed by atoms with Gasteiger partial charge in [-0.2, -0.15) is 4.31 Å². The Kier molecular flexibility index (Phi) is 6.15. The Morgan fingerprint density at radius 2 is 1.81 bits per heavy atom. The number of nitrogens with one attached hydrogen (secondary N) is 1. The molecule has 2 aliphatic rings. The molecule has 36 heavy (non-hydrogen) atoms. The first-order chi connectivity index (χ1) is 17.4. The zero-order chi connectivity index (χ0) is 24.9. The molecule has 6 rings (SSSR count). The van der Waals surface area contributed by atoms with Crippen molar-refractivity contribution >= 4 is 53.8 Å². The van der Waals surface area contributed by atoms with Gasteiger partial charge >= 0.3 is 0 Å². The molecule has 1 fully saturated rings. The summed E-state index contributed by atoms with van der Waals surface area (Å²) in [6, 6.07) is 11.9. The first-order valence-corrected chi connectivity index (χ1v) is 15.1. The molecular weight excluding hydrogens is 518 g/mol. The molecule has 1 N–H and O–H groups in total. The second kappa shape index (κ2) is 9.33. The molecular formula is C26H24FN3O3S3. The fraction of sp³-hybridized carbons (Fsp3) is 0.308. The SMILES string of the molecule is O=C(Nc1sc2c(c1-c1nc3ccccc3s1)CCCC2)C1CCCN1S(=O)(=O)c1ccc(F)cc1. The predicted molar refractivity (Wildman–Crippen MR) is 142 cm³/mol. The molecule has 186 valence electrons. The van der Waals surface area contributed by atoms with E-state index >= 15 is 0 Å². The van der Waals surface area contributed by atoms with Crippen LogP contribution in [0.1, 0.15) is 36.1 Å². The van der Waals surface area contributed by atoms with Crippen molar-refractivity contribution in [1.29, 1.82) is 0 Å². The molecule has 1 unspecified atom stereocenters. The van der Waals surface area contributed by atoms with E-state index in [1.54, 1.807) is 22.7 Å². The molecule has 0 bridgehead atoms. The van der Waals surface area contributed by atoms with E-state index in [1.807, 2.05) is 24.3 Å². The van der Waals surface area contributed by atoms with E-state index in [0.717, 1.165) is 63.6 Å². The fourth-order valence-electron chi connectivity index (χ4n) is 5.09. The quantitative estimate of drug-likeness (QED) is 0.345. The van der Waals surface area contributed by atoms with Crippen molar-refractivity contribution in [1.82, 2.24) is 9.29 Å². The first kappa shape index (κ1) is 23.7. The van der Waals surface area contributed by atoms with Crippen molar-refractivity contribution in [3.8, 4) is 10.6 Å². The maximum Gasteiger partial charge on any atom is 0.243 e. The summed E-state index contributed by atoms with van der Waals surface area (Å²) in [5, 5.41) is 4.73. The number of sulfonamides is 1. The summed E-state index contributed by atoms with van der Waals surface area (Å²) in [5.74, 6) is -0.840. The van der Waals surface area contributed by atoms with Crippen LogP contribution in [0.4, 0.5) is 9.39 Å². The zero-order valence-corrected chi connectivity index (χ0v) is 21.8. The van der Waals surface area contributed by atoms with Gasteiger partial charge in [0.05, 0.1) is 15.1 Å². The van der Waals surface area contributed by atoms with E-state index in [4.69, 9.17) is 4.98 Å². The van der Waals surface area contributed by atoms with Gasteiger partial charge in [-0.25, -0.2) is 17.8 Å². The average Bonchev–Trinajstić information content (AvgIpc) is 3.60. The Hall–Kier alpha value is -2.66. The highest BCUT2D eigenvalue weighted by Gasteiger charge is 2.40. The van der Waals surface area contributed by atoms with Crippen LogP contribution in [0.25, 0.3) is 20.8 Å². The summed E-state index contributed by atoms with van der Waals surface area (Å²) in [4.78, 5) is 19.7. The van der Waals surface area contributed by atoms with E-state index < -0.39 is 21.9 Å². The minimum atomic E-state index is -3.92. The molecule has 2 aromatic heterocycles. The normalized spacial score (nSPS) is 18.4. The van der Waals surface area contributed by atoms with Gasteiger partial charge in [0.2, 0.25) is 15.9 Å². The predicted octanol–water partition coefficient (Wildman–Crippen LogP) is 5.83. The van der Waals surface area contributed by atoms with Crippen LogP contribution in [0.5, 0.6) is 0 Å². The number of aromatic nitrogens is 1. The van der Waals surface area contributed by atoms with Crippen molar-refractivity contribution in [3.05, 3.63) is 64.8 Å². The Balaban J connectivity index is 1.34. The number of thiazole rings is 1. The summed E-state index contributed by atoms with van der Waals surface area (Å²) in [7, 11) is -3.92. The van der Waals surface area contributed by atoms with Gasteiger partial charge in [-0.3, -0.25) is 4.79 Å². The molecule has 1 amide bonds. The zero-order valence-electron chi connectivity index (χ0n) is 19.4. The average molecular weight is 542 g/mol. The number of rotatable bonds is 5. The number of anilines is 1. The van der Waals surface area contributed by atoms with Crippen LogP contribution >= 0.6 is 22.7 Å². The number of amides is 1. The van der Waals surface area contributed by atoms with E-state index in [9.17, 15) is 17.6 Å². The standard InChI is InChI=1S/C26H24FN3O3S3/c27-16-11-13-17(14-12-16)36(32,33)30-15-5-8-20(30)24(31)29-26-23(18-6-1-3-9-21(18)34-26)25-28-19-7-2-4-10-22(19)35-25/h2,4,7,10-14,20H,1,3,5-6,8-9,15H2,(H,29,31). The molecule has 4 aromatic rings. The number of para-hydroxylation sites is 1. The molecule has 0 spiro atoms. The summed E-state index contributed by atoms with van der Waals surface area (Å²) in [6.45, 7) is 0.253. The number of aryl methyl sites for hydroxylation is 1. The van der Waals surface area contributed by atoms with Gasteiger partial charge in [0.25, 0.3) is 0 Å². The van der Waals surface area contributed by atoms with E-state index in [1.165, 1.54) is 26.9 Å². The molecule has 0 saturated carbocycles. The molecule has 6 nitrogen and oxygen atoms in total. The van der Waals surface area contributed by atoms with Crippen molar-refractivity contribution < 1.29 is 17.6 Å². The van der Waals surface area contributed by atoms with E-state index in [-0.39, 0.29) is 17.3 Å². The molecule has 0 radical (unpaired) electrons. The highest BCUT2D eigenvalue weighted by atomic mass is 32.2. The van der Waals surface area contributed by atoms with Crippen molar-refractivity contribution in [2.45, 2.75) is 49.5 Å². The number of nitrogens with zero attached hydrogens (tertiary/aromatic N) is 2. The second-order valence-corrected chi connectivity index (χ2v) is 13.1. The lowest BCUT2D eigenvalue weighted by Gasteiger charge is -2.23. The smallest absolute Gasteiger partial charge is 0.243 e.